The van der Waals surface area contributed by atoms with Crippen molar-refractivity contribution in [2.45, 2.75) is 71.2 Å². The predicted molar refractivity (Wildman–Crippen MR) is 146 cm³/mol. The van der Waals surface area contributed by atoms with Gasteiger partial charge in [-0.25, -0.2) is 4.79 Å². The number of primary amides is 1. The number of hydrogen-bond acceptors (Lipinski definition) is 7. The summed E-state index contributed by atoms with van der Waals surface area (Å²) in [5.41, 5.74) is 5.13. The molecule has 0 heterocycles. The van der Waals surface area contributed by atoms with Gasteiger partial charge in [0.1, 0.15) is 29.2 Å². The Labute approximate surface area is 228 Å². The van der Waals surface area contributed by atoms with Crippen molar-refractivity contribution >= 4 is 29.5 Å². The number of anilines is 1. The molecule has 212 valence electrons. The van der Waals surface area contributed by atoms with Crippen LogP contribution in [0.3, 0.4) is 0 Å². The van der Waals surface area contributed by atoms with Crippen molar-refractivity contribution in [3.63, 3.8) is 0 Å². The molecule has 0 spiro atoms. The molecular weight excluding hydrogens is 504 g/mol. The largest absolute Gasteiger partial charge is 0.508 e. The summed E-state index contributed by atoms with van der Waals surface area (Å²) in [6.45, 7) is 8.50. The number of alkyl carbamates (subject to hydrolysis) is 1. The fourth-order valence-corrected chi connectivity index (χ4v) is 3.85. The fraction of sp³-hybridized carbons (Fsp3) is 0.429. The monoisotopic (exact) mass is 542 g/mol. The average Bonchev–Trinajstić information content (AvgIpc) is 2.85. The normalized spacial score (nSPS) is 13.4. The number of amides is 4. The van der Waals surface area contributed by atoms with Gasteiger partial charge in [-0.2, -0.15) is 0 Å². The number of nitrogens with two attached hydrogens (primary N) is 1. The fourth-order valence-electron chi connectivity index (χ4n) is 3.85. The van der Waals surface area contributed by atoms with Crippen molar-refractivity contribution < 1.29 is 33.8 Å². The molecule has 0 aliphatic heterocycles. The van der Waals surface area contributed by atoms with Crippen LogP contribution in [-0.4, -0.2) is 58.6 Å². The third kappa shape index (κ3) is 8.91. The van der Waals surface area contributed by atoms with E-state index in [2.05, 4.69) is 10.6 Å². The van der Waals surface area contributed by atoms with Gasteiger partial charge in [0.05, 0.1) is 13.5 Å². The Balaban J connectivity index is 2.57. The number of phenols is 1. The van der Waals surface area contributed by atoms with Gasteiger partial charge in [-0.05, 0) is 64.4 Å². The molecule has 3 unspecified atom stereocenters. The molecule has 2 aromatic rings. The van der Waals surface area contributed by atoms with Crippen LogP contribution in [0.5, 0.6) is 11.5 Å². The topological polar surface area (TPSA) is 160 Å². The number of benzene rings is 2. The molecule has 2 rings (SSSR count). The molecule has 11 nitrogen and oxygen atoms in total. The summed E-state index contributed by atoms with van der Waals surface area (Å²) in [5.74, 6) is -1.82. The summed E-state index contributed by atoms with van der Waals surface area (Å²) in [6, 6.07) is 9.44. The number of nitrogens with one attached hydrogen (secondary N) is 2. The van der Waals surface area contributed by atoms with Crippen molar-refractivity contribution in [3.8, 4) is 11.5 Å². The van der Waals surface area contributed by atoms with E-state index in [1.165, 1.54) is 24.1 Å². The number of ether oxygens (including phenoxy) is 2. The molecule has 0 aliphatic carbocycles. The lowest BCUT2D eigenvalue weighted by molar-refractivity contribution is -0.144. The van der Waals surface area contributed by atoms with E-state index in [1.54, 1.807) is 64.1 Å². The summed E-state index contributed by atoms with van der Waals surface area (Å²) in [7, 11) is 1.52. The number of phenolic OH excluding ortho intramolecular Hbond substituents is 1. The first-order chi connectivity index (χ1) is 18.3. The zero-order valence-corrected chi connectivity index (χ0v) is 23.2. The predicted octanol–water partition coefficient (Wildman–Crippen LogP) is 3.48. The lowest BCUT2D eigenvalue weighted by Crippen LogP contribution is -2.55. The van der Waals surface area contributed by atoms with Gasteiger partial charge < -0.3 is 35.8 Å². The zero-order chi connectivity index (χ0) is 29.3. The van der Waals surface area contributed by atoms with Crippen LogP contribution in [0.15, 0.2) is 48.5 Å². The summed E-state index contributed by atoms with van der Waals surface area (Å²) in [6.07, 6.45) is -1.03. The number of aromatic hydroxyl groups is 1. The van der Waals surface area contributed by atoms with Crippen molar-refractivity contribution in [1.82, 2.24) is 10.2 Å². The second-order valence-electron chi connectivity index (χ2n) is 10.1. The van der Waals surface area contributed by atoms with Gasteiger partial charge in [0.25, 0.3) is 5.91 Å². The molecule has 39 heavy (non-hydrogen) atoms. The first kappa shape index (κ1) is 30.9. The number of para-hydroxylation sites is 1. The molecule has 3 atom stereocenters. The highest BCUT2D eigenvalue weighted by atomic mass is 16.6. The minimum Gasteiger partial charge on any atom is -0.508 e. The molecule has 0 saturated carbocycles. The quantitative estimate of drug-likeness (QED) is 0.338. The Morgan fingerprint density at radius 1 is 1.05 bits per heavy atom. The highest BCUT2D eigenvalue weighted by Gasteiger charge is 2.40. The van der Waals surface area contributed by atoms with E-state index in [4.69, 9.17) is 15.2 Å². The van der Waals surface area contributed by atoms with E-state index in [1.807, 2.05) is 6.92 Å². The van der Waals surface area contributed by atoms with E-state index in [-0.39, 0.29) is 11.3 Å². The third-order valence-corrected chi connectivity index (χ3v) is 5.83. The van der Waals surface area contributed by atoms with Gasteiger partial charge in [-0.15, -0.1) is 0 Å². The summed E-state index contributed by atoms with van der Waals surface area (Å²) in [5, 5.41) is 15.9. The van der Waals surface area contributed by atoms with Crippen LogP contribution in [0.25, 0.3) is 0 Å². The van der Waals surface area contributed by atoms with Crippen LogP contribution < -0.4 is 21.1 Å². The number of carbonyl (C=O) groups excluding carboxylic acids is 4. The second kappa shape index (κ2) is 13.5. The minimum atomic E-state index is -1.42. The standard InChI is InChI=1S/C28H38N4O7/c1-7-17(2)32(26(36)21(16-23(29)34)31-27(37)39-28(3,4)5)24(20-10-8-9-11-22(20)33)25(35)30-18-12-14-19(38-6)15-13-18/h8-15,17,21,24,33H,7,16H2,1-6H3,(H2,29,34)(H,30,35)(H,31,37). The third-order valence-electron chi connectivity index (χ3n) is 5.83. The second-order valence-corrected chi connectivity index (χ2v) is 10.1. The van der Waals surface area contributed by atoms with Crippen LogP contribution in [0.2, 0.25) is 0 Å². The van der Waals surface area contributed by atoms with Crippen molar-refractivity contribution in [1.29, 1.82) is 0 Å². The van der Waals surface area contributed by atoms with E-state index in [0.717, 1.165) is 0 Å². The number of carbonyl (C=O) groups is 4. The maximum atomic E-state index is 14.0. The lowest BCUT2D eigenvalue weighted by Gasteiger charge is -2.38. The number of nitrogens with zero attached hydrogens (tertiary/aromatic N) is 1. The van der Waals surface area contributed by atoms with E-state index >= 15 is 0 Å². The van der Waals surface area contributed by atoms with Crippen LogP contribution in [0.4, 0.5) is 10.5 Å². The highest BCUT2D eigenvalue weighted by Crippen LogP contribution is 2.33. The first-order valence-electron chi connectivity index (χ1n) is 12.6. The molecule has 2 aromatic carbocycles. The maximum Gasteiger partial charge on any atom is 0.408 e. The van der Waals surface area contributed by atoms with Gasteiger partial charge >= 0.3 is 6.09 Å². The maximum absolute atomic E-state index is 14.0. The molecule has 0 saturated heterocycles. The van der Waals surface area contributed by atoms with E-state index in [9.17, 15) is 24.3 Å². The smallest absolute Gasteiger partial charge is 0.408 e. The Bertz CT molecular complexity index is 1160. The number of hydrogen-bond donors (Lipinski definition) is 4. The molecule has 5 N–H and O–H groups in total. The molecule has 0 aliphatic rings. The number of methoxy groups -OCH3 is 1. The van der Waals surface area contributed by atoms with Crippen LogP contribution in [0, 0.1) is 0 Å². The van der Waals surface area contributed by atoms with Gasteiger partial charge in [0.2, 0.25) is 11.8 Å². The first-order valence-corrected chi connectivity index (χ1v) is 12.6. The Kier molecular flexibility index (Phi) is 10.7. The summed E-state index contributed by atoms with van der Waals surface area (Å²) < 4.78 is 10.4. The summed E-state index contributed by atoms with van der Waals surface area (Å²) >= 11 is 0. The van der Waals surface area contributed by atoms with Crippen molar-refractivity contribution in [3.05, 3.63) is 54.1 Å². The van der Waals surface area contributed by atoms with Crippen LogP contribution >= 0.6 is 0 Å². The molecule has 11 heteroatoms. The molecule has 0 bridgehead atoms. The molecule has 0 fully saturated rings. The van der Waals surface area contributed by atoms with Gasteiger partial charge in [-0.1, -0.05) is 25.1 Å². The Morgan fingerprint density at radius 3 is 2.18 bits per heavy atom. The van der Waals surface area contributed by atoms with Gasteiger partial charge in [-0.3, -0.25) is 14.4 Å². The van der Waals surface area contributed by atoms with Crippen LogP contribution in [0.1, 0.15) is 59.1 Å². The molecule has 0 aromatic heterocycles. The minimum absolute atomic E-state index is 0.159. The van der Waals surface area contributed by atoms with E-state index in [0.29, 0.717) is 17.9 Å². The zero-order valence-electron chi connectivity index (χ0n) is 23.2. The van der Waals surface area contributed by atoms with Crippen LogP contribution in [-0.2, 0) is 19.1 Å². The molecule has 4 amide bonds. The molecule has 0 radical (unpaired) electrons. The molecular formula is C28H38N4O7. The van der Waals surface area contributed by atoms with Crippen molar-refractivity contribution in [2.75, 3.05) is 12.4 Å². The highest BCUT2D eigenvalue weighted by molar-refractivity contribution is 6.00. The summed E-state index contributed by atoms with van der Waals surface area (Å²) in [4.78, 5) is 53.5. The van der Waals surface area contributed by atoms with Gasteiger partial charge in [0.15, 0.2) is 0 Å². The average molecular weight is 543 g/mol. The van der Waals surface area contributed by atoms with Gasteiger partial charge in [0, 0.05) is 17.3 Å². The Hall–Kier alpha value is -4.28. The Morgan fingerprint density at radius 2 is 1.67 bits per heavy atom. The van der Waals surface area contributed by atoms with Crippen molar-refractivity contribution in [2.24, 2.45) is 5.73 Å². The number of rotatable bonds is 11. The van der Waals surface area contributed by atoms with E-state index < -0.39 is 54.0 Å². The lowest BCUT2D eigenvalue weighted by atomic mass is 9.98. The SMILES string of the molecule is CCC(C)N(C(=O)C(CC(N)=O)NC(=O)OC(C)(C)C)C(C(=O)Nc1ccc(OC)cc1)c1ccccc1O.